The van der Waals surface area contributed by atoms with Gasteiger partial charge in [0.15, 0.2) is 18.1 Å². The van der Waals surface area contributed by atoms with Crippen LogP contribution < -0.4 is 20.1 Å². The van der Waals surface area contributed by atoms with Gasteiger partial charge in [0.25, 0.3) is 11.8 Å². The van der Waals surface area contributed by atoms with Crippen LogP contribution >= 0.6 is 0 Å². The lowest BCUT2D eigenvalue weighted by Crippen LogP contribution is -2.28. The van der Waals surface area contributed by atoms with E-state index in [0.717, 1.165) is 11.3 Å². The van der Waals surface area contributed by atoms with Gasteiger partial charge in [0, 0.05) is 18.8 Å². The highest BCUT2D eigenvalue weighted by atomic mass is 16.5. The number of amides is 2. The van der Waals surface area contributed by atoms with Gasteiger partial charge in [0.1, 0.15) is 5.69 Å². The fraction of sp³-hybridized carbons (Fsp3) is 0.522. The normalized spacial score (nSPS) is 11.4. The minimum atomic E-state index is -0.236. The monoisotopic (exact) mass is 430 g/mol. The second-order valence-electron chi connectivity index (χ2n) is 8.60. The van der Waals surface area contributed by atoms with Crippen LogP contribution in [0, 0.1) is 0 Å². The van der Waals surface area contributed by atoms with Crippen molar-refractivity contribution in [3.05, 3.63) is 41.2 Å². The highest BCUT2D eigenvalue weighted by Crippen LogP contribution is 2.28. The molecule has 31 heavy (non-hydrogen) atoms. The number of hydrogen-bond acceptors (Lipinski definition) is 5. The maximum absolute atomic E-state index is 12.7. The molecule has 8 nitrogen and oxygen atoms in total. The van der Waals surface area contributed by atoms with Gasteiger partial charge < -0.3 is 20.1 Å². The molecule has 170 valence electrons. The fourth-order valence-electron chi connectivity index (χ4n) is 3.06. The van der Waals surface area contributed by atoms with Gasteiger partial charge in [-0.25, -0.2) is 0 Å². The minimum Gasteiger partial charge on any atom is -0.493 e. The third-order valence-electron chi connectivity index (χ3n) is 4.61. The second kappa shape index (κ2) is 10.3. The summed E-state index contributed by atoms with van der Waals surface area (Å²) < 4.78 is 12.8. The number of hydrogen-bond donors (Lipinski definition) is 2. The van der Waals surface area contributed by atoms with Gasteiger partial charge in [-0.2, -0.15) is 5.10 Å². The van der Waals surface area contributed by atoms with Gasteiger partial charge in [-0.3, -0.25) is 14.3 Å². The largest absolute Gasteiger partial charge is 0.493 e. The third kappa shape index (κ3) is 6.47. The topological polar surface area (TPSA) is 94.5 Å². The van der Waals surface area contributed by atoms with Crippen LogP contribution in [0.2, 0.25) is 0 Å². The van der Waals surface area contributed by atoms with Gasteiger partial charge in [-0.1, -0.05) is 19.9 Å². The molecule has 2 aromatic rings. The molecular formula is C23H34N4O4. The zero-order valence-corrected chi connectivity index (χ0v) is 19.5. The molecule has 0 saturated heterocycles. The molecule has 1 aromatic heterocycles. The predicted octanol–water partition coefficient (Wildman–Crippen LogP) is 3.22. The van der Waals surface area contributed by atoms with Crippen molar-refractivity contribution in [2.75, 3.05) is 20.3 Å². The molecule has 1 aromatic carbocycles. The van der Waals surface area contributed by atoms with Crippen LogP contribution in [0.3, 0.4) is 0 Å². The van der Waals surface area contributed by atoms with Crippen LogP contribution in [0.15, 0.2) is 24.3 Å². The average Bonchev–Trinajstić information content (AvgIpc) is 3.17. The molecule has 2 rings (SSSR count). The van der Waals surface area contributed by atoms with E-state index < -0.39 is 0 Å². The van der Waals surface area contributed by atoms with E-state index in [2.05, 4.69) is 50.4 Å². The maximum atomic E-state index is 12.7. The number of benzene rings is 1. The smallest absolute Gasteiger partial charge is 0.272 e. The molecule has 2 amide bonds. The first-order valence-electron chi connectivity index (χ1n) is 10.5. The van der Waals surface area contributed by atoms with E-state index in [1.165, 1.54) is 7.11 Å². The number of nitrogens with one attached hydrogen (secondary N) is 2. The number of methoxy groups -OCH3 is 1. The summed E-state index contributed by atoms with van der Waals surface area (Å²) in [5.74, 6) is 0.783. The molecule has 0 bridgehead atoms. The van der Waals surface area contributed by atoms with Crippen LogP contribution in [0.1, 0.15) is 69.2 Å². The third-order valence-corrected chi connectivity index (χ3v) is 4.61. The minimum absolute atomic E-state index is 0.0884. The fourth-order valence-corrected chi connectivity index (χ4v) is 3.06. The number of aromatic nitrogens is 2. The van der Waals surface area contributed by atoms with Crippen molar-refractivity contribution in [2.24, 2.45) is 0 Å². The molecule has 2 N–H and O–H groups in total. The van der Waals surface area contributed by atoms with Crippen molar-refractivity contribution in [1.29, 1.82) is 0 Å². The Hall–Kier alpha value is -3.03. The summed E-state index contributed by atoms with van der Waals surface area (Å²) >= 11 is 0. The van der Waals surface area contributed by atoms with E-state index in [1.54, 1.807) is 12.1 Å². The summed E-state index contributed by atoms with van der Waals surface area (Å²) in [4.78, 5) is 24.3. The van der Waals surface area contributed by atoms with E-state index in [-0.39, 0.29) is 29.9 Å². The average molecular weight is 431 g/mol. The second-order valence-corrected chi connectivity index (χ2v) is 8.60. The Morgan fingerprint density at radius 2 is 1.84 bits per heavy atom. The Morgan fingerprint density at radius 1 is 1.13 bits per heavy atom. The molecule has 0 radical (unpaired) electrons. The Balaban J connectivity index is 2.07. The Labute approximate surface area is 184 Å². The predicted molar refractivity (Wildman–Crippen MR) is 120 cm³/mol. The summed E-state index contributed by atoms with van der Waals surface area (Å²) in [6, 6.07) is 7.18. The van der Waals surface area contributed by atoms with Crippen LogP contribution in [0.5, 0.6) is 11.5 Å². The lowest BCUT2D eigenvalue weighted by molar-refractivity contribution is -0.123. The number of rotatable bonds is 9. The Bertz CT molecular complexity index is 913. The van der Waals surface area contributed by atoms with Crippen molar-refractivity contribution in [2.45, 2.75) is 59.5 Å². The molecule has 0 spiro atoms. The van der Waals surface area contributed by atoms with Crippen LogP contribution in [-0.4, -0.2) is 41.9 Å². The number of likely N-dealkylation sites (N-methyl/N-ethyl adjacent to an activating group) is 1. The van der Waals surface area contributed by atoms with E-state index >= 15 is 0 Å². The zero-order valence-electron chi connectivity index (χ0n) is 19.5. The molecule has 0 saturated carbocycles. The number of carbonyl (C=O) groups excluding carboxylic acids is 2. The highest BCUT2D eigenvalue weighted by molar-refractivity contribution is 5.92. The summed E-state index contributed by atoms with van der Waals surface area (Å²) in [5, 5.41) is 10.1. The molecule has 8 heteroatoms. The van der Waals surface area contributed by atoms with Crippen molar-refractivity contribution in [1.82, 2.24) is 20.4 Å². The maximum Gasteiger partial charge on any atom is 0.272 e. The van der Waals surface area contributed by atoms with Crippen LogP contribution in [0.4, 0.5) is 0 Å². The van der Waals surface area contributed by atoms with Crippen LogP contribution in [-0.2, 0) is 16.9 Å². The van der Waals surface area contributed by atoms with Crippen molar-refractivity contribution in [3.8, 4) is 11.5 Å². The summed E-state index contributed by atoms with van der Waals surface area (Å²) in [5.41, 5.74) is 2.05. The van der Waals surface area contributed by atoms with E-state index in [4.69, 9.17) is 9.47 Å². The Morgan fingerprint density at radius 3 is 2.39 bits per heavy atom. The lowest BCUT2D eigenvalue weighted by atomic mass is 10.1. The molecule has 0 atom stereocenters. The van der Waals surface area contributed by atoms with Gasteiger partial charge in [-0.15, -0.1) is 0 Å². The summed E-state index contributed by atoms with van der Waals surface area (Å²) in [6.45, 7) is 13.0. The van der Waals surface area contributed by atoms with E-state index in [0.29, 0.717) is 30.3 Å². The molecular weight excluding hydrogens is 396 g/mol. The van der Waals surface area contributed by atoms with E-state index in [1.807, 2.05) is 23.7 Å². The molecule has 0 aliphatic heterocycles. The lowest BCUT2D eigenvalue weighted by Gasteiger charge is -2.23. The number of ether oxygens (including phenoxy) is 2. The SMILES string of the molecule is CCNC(=O)COc1ccc(CNC(=O)c2cc(C(C)C)n(C(C)(C)C)n2)cc1OC. The van der Waals surface area contributed by atoms with Gasteiger partial charge >= 0.3 is 0 Å². The first-order valence-corrected chi connectivity index (χ1v) is 10.5. The van der Waals surface area contributed by atoms with Gasteiger partial charge in [-0.05, 0) is 57.4 Å². The first-order chi connectivity index (χ1) is 14.6. The summed E-state index contributed by atoms with van der Waals surface area (Å²) in [6.07, 6.45) is 0. The molecule has 0 unspecified atom stereocenters. The quantitative estimate of drug-likeness (QED) is 0.637. The van der Waals surface area contributed by atoms with Gasteiger partial charge in [0.2, 0.25) is 0 Å². The molecule has 0 aliphatic rings. The standard InChI is InChI=1S/C23H34N4O4/c1-8-24-21(28)14-31-19-10-9-16(11-20(19)30-7)13-25-22(29)17-12-18(15(2)3)27(26-17)23(4,5)6/h9-12,15H,8,13-14H2,1-7H3,(H,24,28)(H,25,29). The van der Waals surface area contributed by atoms with Gasteiger partial charge in [0.05, 0.1) is 12.6 Å². The number of carbonyl (C=O) groups is 2. The Kier molecular flexibility index (Phi) is 8.08. The number of nitrogens with zero attached hydrogens (tertiary/aromatic N) is 2. The highest BCUT2D eigenvalue weighted by Gasteiger charge is 2.23. The van der Waals surface area contributed by atoms with E-state index in [9.17, 15) is 9.59 Å². The summed E-state index contributed by atoms with van der Waals surface area (Å²) in [7, 11) is 1.53. The molecule has 0 aliphatic carbocycles. The van der Waals surface area contributed by atoms with Crippen molar-refractivity contribution >= 4 is 11.8 Å². The molecule has 1 heterocycles. The molecule has 0 fully saturated rings. The zero-order chi connectivity index (χ0) is 23.2. The van der Waals surface area contributed by atoms with Crippen molar-refractivity contribution in [3.63, 3.8) is 0 Å². The van der Waals surface area contributed by atoms with Crippen molar-refractivity contribution < 1.29 is 19.1 Å². The van der Waals surface area contributed by atoms with Crippen LogP contribution in [0.25, 0.3) is 0 Å². The first kappa shape index (κ1) is 24.2.